The van der Waals surface area contributed by atoms with Gasteiger partial charge in [-0.25, -0.2) is 0 Å². The zero-order chi connectivity index (χ0) is 6.95. The molecule has 0 bridgehead atoms. The van der Waals surface area contributed by atoms with Gasteiger partial charge in [0.25, 0.3) is 0 Å². The average Bonchev–Trinajstić information content (AvgIpc) is 1.89. The van der Waals surface area contributed by atoms with Gasteiger partial charge >= 0.3 is 0 Å². The molecule has 0 aromatic heterocycles. The van der Waals surface area contributed by atoms with E-state index >= 15 is 0 Å². The summed E-state index contributed by atoms with van der Waals surface area (Å²) < 4.78 is 0. The van der Waals surface area contributed by atoms with E-state index in [4.69, 9.17) is 5.73 Å². The van der Waals surface area contributed by atoms with Crippen molar-refractivity contribution in [3.05, 3.63) is 6.92 Å². The fourth-order valence-electron chi connectivity index (χ4n) is 0.644. The number of nitrogens with one attached hydrogen (secondary N) is 1. The van der Waals surface area contributed by atoms with Gasteiger partial charge in [-0.15, -0.1) is 0 Å². The molecule has 0 atom stereocenters. The summed E-state index contributed by atoms with van der Waals surface area (Å²) in [4.78, 5) is 0. The van der Waals surface area contributed by atoms with Crippen LogP contribution in [0.5, 0.6) is 0 Å². The van der Waals surface area contributed by atoms with Crippen molar-refractivity contribution in [2.75, 3.05) is 19.6 Å². The van der Waals surface area contributed by atoms with Crippen LogP contribution in [0.2, 0.25) is 0 Å². The first-order valence-corrected chi connectivity index (χ1v) is 3.62. The highest BCUT2D eigenvalue weighted by Crippen LogP contribution is 1.81. The summed E-state index contributed by atoms with van der Waals surface area (Å²) in [6, 6.07) is 0. The van der Waals surface area contributed by atoms with Crippen molar-refractivity contribution in [1.82, 2.24) is 5.32 Å². The van der Waals surface area contributed by atoms with Crippen LogP contribution in [-0.2, 0) is 0 Å². The van der Waals surface area contributed by atoms with Gasteiger partial charge in [0.15, 0.2) is 0 Å². The second kappa shape index (κ2) is 7.92. The molecule has 0 aliphatic rings. The van der Waals surface area contributed by atoms with E-state index in [1.807, 2.05) is 0 Å². The standard InChI is InChI=1S/C7H17N2/c1-2-6-9-7-4-3-5-8/h9H,1-8H2. The fourth-order valence-corrected chi connectivity index (χ4v) is 0.644. The molecule has 0 aromatic carbocycles. The molecular formula is C7H17N2. The van der Waals surface area contributed by atoms with Crippen molar-refractivity contribution in [1.29, 1.82) is 0 Å². The number of hydrogen-bond donors (Lipinski definition) is 2. The summed E-state index contributed by atoms with van der Waals surface area (Å²) in [5, 5.41) is 3.25. The monoisotopic (exact) mass is 129 g/mol. The molecule has 0 saturated heterocycles. The van der Waals surface area contributed by atoms with E-state index in [2.05, 4.69) is 12.2 Å². The number of nitrogens with two attached hydrogens (primary N) is 1. The van der Waals surface area contributed by atoms with Gasteiger partial charge in [-0.3, -0.25) is 0 Å². The molecule has 0 amide bonds. The Hall–Kier alpha value is -0.0800. The third kappa shape index (κ3) is 7.92. The molecule has 0 aliphatic heterocycles. The third-order valence-corrected chi connectivity index (χ3v) is 1.16. The van der Waals surface area contributed by atoms with E-state index in [0.717, 1.165) is 32.5 Å². The molecule has 2 nitrogen and oxygen atoms in total. The molecule has 0 aromatic rings. The van der Waals surface area contributed by atoms with E-state index in [-0.39, 0.29) is 0 Å². The predicted octanol–water partition coefficient (Wildman–Crippen LogP) is 0.539. The predicted molar refractivity (Wildman–Crippen MR) is 41.1 cm³/mol. The van der Waals surface area contributed by atoms with Crippen LogP contribution in [0.4, 0.5) is 0 Å². The number of unbranched alkanes of at least 4 members (excludes halogenated alkanes) is 1. The SMILES string of the molecule is [CH2]CCNCCCCN. The summed E-state index contributed by atoms with van der Waals surface area (Å²) in [6.07, 6.45) is 3.29. The number of hydrogen-bond acceptors (Lipinski definition) is 2. The Kier molecular flexibility index (Phi) is 7.85. The second-order valence-electron chi connectivity index (χ2n) is 2.10. The van der Waals surface area contributed by atoms with E-state index in [1.54, 1.807) is 0 Å². The van der Waals surface area contributed by atoms with Crippen molar-refractivity contribution in [2.45, 2.75) is 19.3 Å². The van der Waals surface area contributed by atoms with Crippen LogP contribution < -0.4 is 11.1 Å². The molecule has 0 fully saturated rings. The Morgan fingerprint density at radius 3 is 2.56 bits per heavy atom. The first-order chi connectivity index (χ1) is 4.41. The lowest BCUT2D eigenvalue weighted by Crippen LogP contribution is -2.16. The lowest BCUT2D eigenvalue weighted by molar-refractivity contribution is 0.630. The van der Waals surface area contributed by atoms with Crippen LogP contribution in [0.3, 0.4) is 0 Å². The minimum atomic E-state index is 0.812. The van der Waals surface area contributed by atoms with Crippen LogP contribution in [-0.4, -0.2) is 19.6 Å². The van der Waals surface area contributed by atoms with Gasteiger partial charge in [-0.2, -0.15) is 0 Å². The van der Waals surface area contributed by atoms with E-state index in [1.165, 1.54) is 6.42 Å². The molecular weight excluding hydrogens is 112 g/mol. The van der Waals surface area contributed by atoms with Gasteiger partial charge in [-0.1, -0.05) is 6.92 Å². The Balaban J connectivity index is 2.60. The maximum atomic E-state index is 5.30. The van der Waals surface area contributed by atoms with Gasteiger partial charge < -0.3 is 11.1 Å². The van der Waals surface area contributed by atoms with Crippen molar-refractivity contribution >= 4 is 0 Å². The normalized spacial score (nSPS) is 10.0. The van der Waals surface area contributed by atoms with Crippen LogP contribution in [0.15, 0.2) is 0 Å². The van der Waals surface area contributed by atoms with Gasteiger partial charge in [0.05, 0.1) is 0 Å². The van der Waals surface area contributed by atoms with Gasteiger partial charge in [0.2, 0.25) is 0 Å². The summed E-state index contributed by atoms with van der Waals surface area (Å²) in [7, 11) is 0. The van der Waals surface area contributed by atoms with Gasteiger partial charge in [-0.05, 0) is 38.9 Å². The molecule has 3 N–H and O–H groups in total. The highest BCUT2D eigenvalue weighted by Gasteiger charge is 1.83. The molecule has 55 valence electrons. The Morgan fingerprint density at radius 1 is 1.22 bits per heavy atom. The summed E-state index contributed by atoms with van der Waals surface area (Å²) in [5.74, 6) is 0. The van der Waals surface area contributed by atoms with Crippen molar-refractivity contribution in [3.8, 4) is 0 Å². The summed E-state index contributed by atoms with van der Waals surface area (Å²) >= 11 is 0. The maximum Gasteiger partial charge on any atom is -0.00484 e. The molecule has 0 rings (SSSR count). The highest BCUT2D eigenvalue weighted by atomic mass is 14.8. The van der Waals surface area contributed by atoms with Crippen LogP contribution in [0.1, 0.15) is 19.3 Å². The molecule has 0 heterocycles. The zero-order valence-corrected chi connectivity index (χ0v) is 6.03. The Morgan fingerprint density at radius 2 is 2.00 bits per heavy atom. The summed E-state index contributed by atoms with van der Waals surface area (Å²) in [6.45, 7) is 6.65. The largest absolute Gasteiger partial charge is 0.330 e. The molecule has 0 saturated carbocycles. The van der Waals surface area contributed by atoms with Gasteiger partial charge in [0, 0.05) is 0 Å². The van der Waals surface area contributed by atoms with E-state index in [9.17, 15) is 0 Å². The van der Waals surface area contributed by atoms with Crippen LogP contribution >= 0.6 is 0 Å². The minimum Gasteiger partial charge on any atom is -0.330 e. The Labute approximate surface area is 57.8 Å². The Bertz CT molecular complexity index is 40.2. The molecule has 2 heteroatoms. The smallest absolute Gasteiger partial charge is 0.00484 e. The van der Waals surface area contributed by atoms with E-state index in [0.29, 0.717) is 0 Å². The molecule has 1 radical (unpaired) electrons. The second-order valence-corrected chi connectivity index (χ2v) is 2.10. The quantitative estimate of drug-likeness (QED) is 0.514. The highest BCUT2D eigenvalue weighted by molar-refractivity contribution is 4.49. The fraction of sp³-hybridized carbons (Fsp3) is 0.857. The lowest BCUT2D eigenvalue weighted by Gasteiger charge is -1.99. The number of rotatable bonds is 6. The zero-order valence-electron chi connectivity index (χ0n) is 6.03. The minimum absolute atomic E-state index is 0.812. The van der Waals surface area contributed by atoms with Crippen molar-refractivity contribution < 1.29 is 0 Å². The molecule has 0 aliphatic carbocycles. The van der Waals surface area contributed by atoms with Crippen molar-refractivity contribution in [2.24, 2.45) is 5.73 Å². The van der Waals surface area contributed by atoms with E-state index < -0.39 is 0 Å². The first kappa shape index (κ1) is 8.92. The van der Waals surface area contributed by atoms with Crippen molar-refractivity contribution in [3.63, 3.8) is 0 Å². The average molecular weight is 129 g/mol. The molecule has 9 heavy (non-hydrogen) atoms. The third-order valence-electron chi connectivity index (χ3n) is 1.16. The molecule has 0 unspecified atom stereocenters. The maximum absolute atomic E-state index is 5.30. The summed E-state index contributed by atoms with van der Waals surface area (Å²) in [5.41, 5.74) is 5.30. The van der Waals surface area contributed by atoms with Crippen LogP contribution in [0, 0.1) is 6.92 Å². The topological polar surface area (TPSA) is 38.0 Å². The lowest BCUT2D eigenvalue weighted by atomic mass is 10.3. The first-order valence-electron chi connectivity index (χ1n) is 3.62. The van der Waals surface area contributed by atoms with Crippen LogP contribution in [0.25, 0.3) is 0 Å². The molecule has 0 spiro atoms. The van der Waals surface area contributed by atoms with Gasteiger partial charge in [0.1, 0.15) is 0 Å².